The Bertz CT molecular complexity index is 999. The number of carbonyl (C=O) groups excluding carboxylic acids is 2. The molecule has 150 valence electrons. The van der Waals surface area contributed by atoms with Crippen LogP contribution in [0.25, 0.3) is 10.2 Å². The van der Waals surface area contributed by atoms with Gasteiger partial charge in [-0.1, -0.05) is 29.5 Å². The third-order valence-corrected chi connectivity index (χ3v) is 5.79. The Morgan fingerprint density at radius 1 is 1.00 bits per heavy atom. The van der Waals surface area contributed by atoms with E-state index in [0.717, 1.165) is 34.1 Å². The molecular formula is C21H23N5O2S. The molecule has 0 unspecified atom stereocenters. The Kier molecular flexibility index (Phi) is 5.90. The molecule has 0 radical (unpaired) electrons. The summed E-state index contributed by atoms with van der Waals surface area (Å²) in [5.41, 5.74) is 2.41. The number of rotatable bonds is 6. The van der Waals surface area contributed by atoms with Crippen molar-refractivity contribution in [2.24, 2.45) is 0 Å². The maximum atomic E-state index is 12.2. The third-order valence-electron chi connectivity index (χ3n) is 4.71. The van der Waals surface area contributed by atoms with E-state index in [1.54, 1.807) is 23.5 Å². The van der Waals surface area contributed by atoms with E-state index in [1.165, 1.54) is 12.8 Å². The van der Waals surface area contributed by atoms with Crippen LogP contribution in [0.4, 0.5) is 21.3 Å². The Hall–Kier alpha value is -3.13. The average Bonchev–Trinajstić information content (AvgIpc) is 3.38. The van der Waals surface area contributed by atoms with Crippen molar-refractivity contribution in [3.63, 3.8) is 0 Å². The molecular weight excluding hydrogens is 386 g/mol. The number of fused-ring (bicyclic) bond motifs is 1. The first-order valence-corrected chi connectivity index (χ1v) is 10.5. The van der Waals surface area contributed by atoms with Gasteiger partial charge in [0.15, 0.2) is 5.13 Å². The number of hydrogen-bond acceptors (Lipinski definition) is 5. The Morgan fingerprint density at radius 3 is 2.59 bits per heavy atom. The molecule has 1 fully saturated rings. The zero-order valence-electron chi connectivity index (χ0n) is 16.0. The van der Waals surface area contributed by atoms with Crippen molar-refractivity contribution >= 4 is 50.0 Å². The number of aromatic nitrogens is 1. The second-order valence-electron chi connectivity index (χ2n) is 6.92. The third kappa shape index (κ3) is 5.03. The molecule has 1 aromatic heterocycles. The number of nitrogens with one attached hydrogen (secondary N) is 3. The Labute approximate surface area is 173 Å². The minimum atomic E-state index is -0.329. The minimum Gasteiger partial charge on any atom is -0.348 e. The fourth-order valence-electron chi connectivity index (χ4n) is 3.24. The molecule has 29 heavy (non-hydrogen) atoms. The lowest BCUT2D eigenvalue weighted by Crippen LogP contribution is -2.31. The van der Waals surface area contributed by atoms with Crippen LogP contribution in [0.2, 0.25) is 0 Å². The van der Waals surface area contributed by atoms with E-state index in [-0.39, 0.29) is 24.9 Å². The maximum absolute atomic E-state index is 12.2. The van der Waals surface area contributed by atoms with Crippen LogP contribution in [0.15, 0.2) is 48.5 Å². The second kappa shape index (κ2) is 8.91. The number of amides is 3. The monoisotopic (exact) mass is 409 g/mol. The first-order chi connectivity index (χ1) is 14.2. The van der Waals surface area contributed by atoms with Crippen LogP contribution in [-0.4, -0.2) is 36.6 Å². The van der Waals surface area contributed by atoms with Gasteiger partial charge in [-0.25, -0.2) is 9.78 Å². The van der Waals surface area contributed by atoms with Crippen molar-refractivity contribution < 1.29 is 9.59 Å². The predicted octanol–water partition coefficient (Wildman–Crippen LogP) is 4.05. The van der Waals surface area contributed by atoms with E-state index in [9.17, 15) is 9.59 Å². The number of thiazole rings is 1. The summed E-state index contributed by atoms with van der Waals surface area (Å²) in [4.78, 5) is 31.1. The summed E-state index contributed by atoms with van der Waals surface area (Å²) in [6, 6.07) is 14.6. The molecule has 0 aliphatic carbocycles. The molecule has 3 aromatic rings. The van der Waals surface area contributed by atoms with E-state index >= 15 is 0 Å². The summed E-state index contributed by atoms with van der Waals surface area (Å²) in [7, 11) is 0. The van der Waals surface area contributed by atoms with Gasteiger partial charge in [-0.15, -0.1) is 0 Å². The van der Waals surface area contributed by atoms with Crippen LogP contribution in [0, 0.1) is 0 Å². The van der Waals surface area contributed by atoms with Crippen molar-refractivity contribution in [1.82, 2.24) is 10.3 Å². The fourth-order valence-corrected chi connectivity index (χ4v) is 4.30. The van der Waals surface area contributed by atoms with Gasteiger partial charge in [0.25, 0.3) is 0 Å². The van der Waals surface area contributed by atoms with E-state index in [4.69, 9.17) is 4.98 Å². The van der Waals surface area contributed by atoms with E-state index in [1.807, 2.05) is 36.4 Å². The average molecular weight is 410 g/mol. The van der Waals surface area contributed by atoms with Crippen LogP contribution >= 0.6 is 11.3 Å². The lowest BCUT2D eigenvalue weighted by atomic mass is 10.3. The molecule has 0 spiro atoms. The van der Waals surface area contributed by atoms with Crippen molar-refractivity contribution in [3.05, 3.63) is 48.5 Å². The van der Waals surface area contributed by atoms with Gasteiger partial charge < -0.3 is 20.9 Å². The largest absolute Gasteiger partial charge is 0.348 e. The van der Waals surface area contributed by atoms with Gasteiger partial charge in [0, 0.05) is 37.4 Å². The molecule has 1 saturated heterocycles. The molecule has 3 N–H and O–H groups in total. The summed E-state index contributed by atoms with van der Waals surface area (Å²) >= 11 is 1.66. The first kappa shape index (κ1) is 19.2. The Balaban J connectivity index is 1.26. The number of carbonyl (C=O) groups is 2. The highest BCUT2D eigenvalue weighted by molar-refractivity contribution is 7.22. The highest BCUT2D eigenvalue weighted by Gasteiger charge is 2.16. The Morgan fingerprint density at radius 2 is 1.79 bits per heavy atom. The van der Waals surface area contributed by atoms with E-state index in [2.05, 4.69) is 20.9 Å². The van der Waals surface area contributed by atoms with Crippen LogP contribution in [0.5, 0.6) is 0 Å². The molecule has 4 rings (SSSR count). The maximum Gasteiger partial charge on any atom is 0.319 e. The highest BCUT2D eigenvalue weighted by Crippen LogP contribution is 2.32. The van der Waals surface area contributed by atoms with Gasteiger partial charge in [0.05, 0.1) is 10.2 Å². The van der Waals surface area contributed by atoms with Crippen LogP contribution in [0.3, 0.4) is 0 Å². The standard InChI is InChI=1S/C21H23N5O2S/c27-19(10-11-22-20(28)24-15-6-2-1-3-7-15)23-16-8-9-17-18(14-16)29-21(25-17)26-12-4-5-13-26/h1-3,6-9,14H,4-5,10-13H2,(H,23,27)(H2,22,24,28). The number of urea groups is 1. The number of benzene rings is 2. The first-order valence-electron chi connectivity index (χ1n) is 9.73. The number of para-hydroxylation sites is 1. The topological polar surface area (TPSA) is 86.4 Å². The lowest BCUT2D eigenvalue weighted by Gasteiger charge is -2.11. The molecule has 3 amide bonds. The zero-order chi connectivity index (χ0) is 20.1. The van der Waals surface area contributed by atoms with E-state index < -0.39 is 0 Å². The smallest absolute Gasteiger partial charge is 0.319 e. The lowest BCUT2D eigenvalue weighted by molar-refractivity contribution is -0.116. The van der Waals surface area contributed by atoms with Gasteiger partial charge in [0.2, 0.25) is 5.91 Å². The van der Waals surface area contributed by atoms with Gasteiger partial charge in [-0.2, -0.15) is 0 Å². The molecule has 2 aromatic carbocycles. The molecule has 1 aliphatic rings. The van der Waals surface area contributed by atoms with Crippen molar-refractivity contribution in [3.8, 4) is 0 Å². The number of nitrogens with zero attached hydrogens (tertiary/aromatic N) is 2. The summed E-state index contributed by atoms with van der Waals surface area (Å²) < 4.78 is 1.06. The minimum absolute atomic E-state index is 0.145. The molecule has 1 aliphatic heterocycles. The summed E-state index contributed by atoms with van der Waals surface area (Å²) in [5, 5.41) is 9.35. The van der Waals surface area contributed by atoms with Crippen molar-refractivity contribution in [2.75, 3.05) is 35.2 Å². The normalized spacial score (nSPS) is 13.4. The highest BCUT2D eigenvalue weighted by atomic mass is 32.1. The molecule has 0 atom stereocenters. The van der Waals surface area contributed by atoms with Crippen LogP contribution in [-0.2, 0) is 4.79 Å². The fraction of sp³-hybridized carbons (Fsp3) is 0.286. The van der Waals surface area contributed by atoms with Gasteiger partial charge >= 0.3 is 6.03 Å². The quantitative estimate of drug-likeness (QED) is 0.573. The van der Waals surface area contributed by atoms with Crippen LogP contribution in [0.1, 0.15) is 19.3 Å². The number of anilines is 3. The summed E-state index contributed by atoms with van der Waals surface area (Å²) in [6.07, 6.45) is 2.63. The SMILES string of the molecule is O=C(CCNC(=O)Nc1ccccc1)Nc1ccc2nc(N3CCCC3)sc2c1. The van der Waals surface area contributed by atoms with Gasteiger partial charge in [-0.05, 0) is 43.2 Å². The molecule has 0 saturated carbocycles. The van der Waals surface area contributed by atoms with Crippen LogP contribution < -0.4 is 20.9 Å². The zero-order valence-corrected chi connectivity index (χ0v) is 16.8. The molecule has 8 heteroatoms. The summed E-state index contributed by atoms with van der Waals surface area (Å²) in [6.45, 7) is 2.38. The van der Waals surface area contributed by atoms with Crippen molar-refractivity contribution in [2.45, 2.75) is 19.3 Å². The molecule has 7 nitrogen and oxygen atoms in total. The molecule has 0 bridgehead atoms. The summed E-state index contributed by atoms with van der Waals surface area (Å²) in [5.74, 6) is -0.145. The predicted molar refractivity (Wildman–Crippen MR) is 118 cm³/mol. The van der Waals surface area contributed by atoms with Gasteiger partial charge in [0.1, 0.15) is 0 Å². The number of hydrogen-bond donors (Lipinski definition) is 3. The second-order valence-corrected chi connectivity index (χ2v) is 7.93. The van der Waals surface area contributed by atoms with Gasteiger partial charge in [-0.3, -0.25) is 4.79 Å². The van der Waals surface area contributed by atoms with Crippen molar-refractivity contribution in [1.29, 1.82) is 0 Å². The molecule has 2 heterocycles. The van der Waals surface area contributed by atoms with E-state index in [0.29, 0.717) is 5.69 Å².